The van der Waals surface area contributed by atoms with E-state index in [0.717, 1.165) is 63.1 Å². The molecule has 7 heteroatoms. The van der Waals surface area contributed by atoms with Crippen LogP contribution in [-0.2, 0) is 25.5 Å². The second kappa shape index (κ2) is 13.7. The van der Waals surface area contributed by atoms with Crippen LogP contribution >= 0.6 is 11.6 Å². The Morgan fingerprint density at radius 2 is 1.56 bits per heavy atom. The van der Waals surface area contributed by atoms with Gasteiger partial charge in [0.05, 0.1) is 11.8 Å². The van der Waals surface area contributed by atoms with Crippen molar-refractivity contribution in [1.82, 2.24) is 5.32 Å². The van der Waals surface area contributed by atoms with E-state index in [-0.39, 0.29) is 51.0 Å². The Morgan fingerprint density at radius 3 is 2.20 bits per heavy atom. The number of carbonyl (C=O) groups excluding carboxylic acids is 2. The lowest BCUT2D eigenvalue weighted by atomic mass is 9.33. The van der Waals surface area contributed by atoms with E-state index in [2.05, 4.69) is 65.9 Å². The molecule has 5 saturated carbocycles. The lowest BCUT2D eigenvalue weighted by Gasteiger charge is -2.72. The topological polar surface area (TPSA) is 92.7 Å². The number of Topliss-reactive ketones (excluding diaryl/α,β-unsaturated/α-hetero) is 1. The number of ether oxygens (including phenoxy) is 1. The summed E-state index contributed by atoms with van der Waals surface area (Å²) < 4.78 is 6.43. The van der Waals surface area contributed by atoms with E-state index in [4.69, 9.17) is 16.3 Å². The minimum absolute atomic E-state index is 0.0259. The number of fused-ring (bicyclic) bond motifs is 7. The highest BCUT2D eigenvalue weighted by Gasteiger charge is 2.70. The summed E-state index contributed by atoms with van der Waals surface area (Å²) in [5, 5.41) is 14.2. The third-order valence-corrected chi connectivity index (χ3v) is 18.2. The van der Waals surface area contributed by atoms with Crippen LogP contribution in [0.4, 0.5) is 0 Å². The first-order chi connectivity index (χ1) is 25.2. The highest BCUT2D eigenvalue weighted by molar-refractivity contribution is 6.30. The Bertz CT molecular complexity index is 1700. The second-order valence-electron chi connectivity index (χ2n) is 21.1. The van der Waals surface area contributed by atoms with Crippen LogP contribution in [0.15, 0.2) is 35.4 Å². The van der Waals surface area contributed by atoms with E-state index >= 15 is 0 Å². The molecule has 6 aliphatic rings. The second-order valence-corrected chi connectivity index (χ2v) is 21.6. The van der Waals surface area contributed by atoms with Crippen LogP contribution in [0.5, 0.6) is 0 Å². The van der Waals surface area contributed by atoms with E-state index in [9.17, 15) is 19.5 Å². The molecule has 0 aromatic heterocycles. The fraction of sp³-hybridized carbons (Fsp3) is 0.766. The molecule has 54 heavy (non-hydrogen) atoms. The summed E-state index contributed by atoms with van der Waals surface area (Å²) in [4.78, 5) is 39.4. The molecule has 1 aromatic rings. The molecule has 2 N–H and O–H groups in total. The molecule has 0 heterocycles. The summed E-state index contributed by atoms with van der Waals surface area (Å²) >= 11 is 6.11. The normalized spacial score (nSPS) is 40.6. The molecule has 5 fully saturated rings. The maximum absolute atomic E-state index is 14.0. The third kappa shape index (κ3) is 5.99. The number of halogens is 1. The summed E-state index contributed by atoms with van der Waals surface area (Å²) in [6, 6.07) is 8.15. The van der Waals surface area contributed by atoms with Crippen molar-refractivity contribution >= 4 is 29.3 Å². The van der Waals surface area contributed by atoms with Gasteiger partial charge in [-0.25, -0.2) is 0 Å². The van der Waals surface area contributed by atoms with Gasteiger partial charge in [-0.05, 0) is 152 Å². The molecule has 0 spiro atoms. The van der Waals surface area contributed by atoms with Crippen molar-refractivity contribution in [2.45, 2.75) is 145 Å². The molecule has 1 aromatic carbocycles. The fourth-order valence-electron chi connectivity index (χ4n) is 14.5. The number of rotatable bonds is 10. The number of allylic oxidation sites excluding steroid dienone is 2. The molecule has 0 amide bonds. The lowest BCUT2D eigenvalue weighted by Crippen LogP contribution is -2.66. The largest absolute Gasteiger partial charge is 0.481 e. The first kappa shape index (κ1) is 40.0. The number of esters is 1. The van der Waals surface area contributed by atoms with Crippen LogP contribution < -0.4 is 5.32 Å². The van der Waals surface area contributed by atoms with Gasteiger partial charge >= 0.3 is 11.9 Å². The fourth-order valence-corrected chi connectivity index (χ4v) is 14.7. The molecule has 0 bridgehead atoms. The van der Waals surface area contributed by atoms with Crippen molar-refractivity contribution < 1.29 is 24.2 Å². The number of benzene rings is 1. The summed E-state index contributed by atoms with van der Waals surface area (Å²) in [6.45, 7) is 22.7. The Morgan fingerprint density at radius 1 is 0.852 bits per heavy atom. The van der Waals surface area contributed by atoms with Crippen LogP contribution in [0.2, 0.25) is 5.02 Å². The molecule has 0 unspecified atom stereocenters. The number of ketones is 1. The zero-order valence-electron chi connectivity index (χ0n) is 34.7. The van der Waals surface area contributed by atoms with Crippen LogP contribution in [0.1, 0.15) is 139 Å². The van der Waals surface area contributed by atoms with Crippen molar-refractivity contribution in [3.8, 4) is 0 Å². The van der Waals surface area contributed by atoms with Crippen molar-refractivity contribution in [2.75, 3.05) is 13.1 Å². The summed E-state index contributed by atoms with van der Waals surface area (Å²) in [5.74, 6) is 0.244. The number of carboxylic acid groups (broad SMARTS) is 1. The van der Waals surface area contributed by atoms with E-state index in [1.807, 2.05) is 26.0 Å². The van der Waals surface area contributed by atoms with Gasteiger partial charge in [-0.1, -0.05) is 91.6 Å². The molecule has 6 aliphatic carbocycles. The number of carboxylic acids is 1. The van der Waals surface area contributed by atoms with E-state index < -0.39 is 17.3 Å². The molecule has 7 rings (SSSR count). The van der Waals surface area contributed by atoms with Gasteiger partial charge in [0.2, 0.25) is 0 Å². The minimum atomic E-state index is -0.815. The molecule has 0 saturated heterocycles. The highest BCUT2D eigenvalue weighted by atomic mass is 35.5. The zero-order valence-corrected chi connectivity index (χ0v) is 35.5. The van der Waals surface area contributed by atoms with Crippen LogP contribution in [0.25, 0.3) is 0 Å². The Hall–Kier alpha value is -2.18. The Balaban J connectivity index is 1.09. The standard InChI is InChI=1S/C47H68ClNO5/c1-28(2)38-34(50)27-47(23-25-49-24-18-29-10-12-30(48)13-11-29)22-21-45(8)31(39(38)47)14-15-36-44(7)19-17-37(43(5,6)35(44)16-20-46(36,45)9)54-41(53)33-26-32(40(51)52)42(33,3)4/h10-13,28,31-33,35-37,49H,14-27H2,1-9H3,(H,51,52)/t31-,32+,33-,35+,36-,37+,44+,45-,46-,47-/m1/s1. The number of hydrogen-bond donors (Lipinski definition) is 2. The first-order valence-electron chi connectivity index (χ1n) is 21.4. The van der Waals surface area contributed by atoms with Gasteiger partial charge in [0.25, 0.3) is 0 Å². The van der Waals surface area contributed by atoms with E-state index in [1.165, 1.54) is 30.4 Å². The van der Waals surface area contributed by atoms with E-state index in [0.29, 0.717) is 36.4 Å². The van der Waals surface area contributed by atoms with Gasteiger partial charge in [-0.2, -0.15) is 0 Å². The Kier molecular flexibility index (Phi) is 10.2. The number of nitrogens with one attached hydrogen (secondary N) is 1. The number of hydrogen-bond acceptors (Lipinski definition) is 5. The maximum atomic E-state index is 14.0. The lowest BCUT2D eigenvalue weighted by molar-refractivity contribution is -0.236. The van der Waals surface area contributed by atoms with Gasteiger partial charge in [-0.15, -0.1) is 0 Å². The average molecular weight is 763 g/mol. The average Bonchev–Trinajstić information content (AvgIpc) is 3.38. The minimum Gasteiger partial charge on any atom is -0.481 e. The summed E-state index contributed by atoms with van der Waals surface area (Å²) in [5.41, 5.74) is 3.66. The van der Waals surface area contributed by atoms with Gasteiger partial charge in [-0.3, -0.25) is 14.4 Å². The quantitative estimate of drug-likeness (QED) is 0.182. The Labute approximate surface area is 330 Å². The predicted molar refractivity (Wildman–Crippen MR) is 215 cm³/mol. The molecule has 10 atom stereocenters. The van der Waals surface area contributed by atoms with Crippen molar-refractivity contribution in [3.05, 3.63) is 46.0 Å². The van der Waals surface area contributed by atoms with E-state index in [1.54, 1.807) is 5.57 Å². The molecular formula is C47H68ClNO5. The van der Waals surface area contributed by atoms with Gasteiger partial charge in [0.15, 0.2) is 5.78 Å². The van der Waals surface area contributed by atoms with Crippen LogP contribution in [0.3, 0.4) is 0 Å². The SMILES string of the molecule is CC(C)C1=C2[C@H]3CC[C@@H]4[C@@]5(C)CC[C@H](OC(=O)[C@H]6C[C@@H](C(=O)O)C6(C)C)C(C)(C)[C@@H]5CC[C@@]4(C)[C@]3(C)CC[C@@]2(CCNCCc2ccc(Cl)cc2)CC1=O. The van der Waals surface area contributed by atoms with Crippen molar-refractivity contribution in [2.24, 2.45) is 68.0 Å². The highest BCUT2D eigenvalue weighted by Crippen LogP contribution is 2.77. The van der Waals surface area contributed by atoms with Gasteiger partial charge in [0.1, 0.15) is 6.10 Å². The maximum Gasteiger partial charge on any atom is 0.309 e. The molecule has 0 radical (unpaired) electrons. The monoisotopic (exact) mass is 761 g/mol. The van der Waals surface area contributed by atoms with Crippen LogP contribution in [-0.4, -0.2) is 42.0 Å². The summed E-state index contributed by atoms with van der Waals surface area (Å²) in [6.07, 6.45) is 11.7. The predicted octanol–water partition coefficient (Wildman–Crippen LogP) is 10.5. The van der Waals surface area contributed by atoms with Crippen LogP contribution in [0, 0.1) is 68.0 Å². The van der Waals surface area contributed by atoms with Crippen molar-refractivity contribution in [3.63, 3.8) is 0 Å². The number of carbonyl (C=O) groups is 3. The smallest absolute Gasteiger partial charge is 0.309 e. The first-order valence-corrected chi connectivity index (χ1v) is 21.8. The molecular weight excluding hydrogens is 694 g/mol. The van der Waals surface area contributed by atoms with Crippen molar-refractivity contribution in [1.29, 1.82) is 0 Å². The third-order valence-electron chi connectivity index (χ3n) is 17.9. The molecule has 0 aliphatic heterocycles. The molecule has 298 valence electrons. The molecule has 6 nitrogen and oxygen atoms in total. The number of aliphatic carboxylic acids is 1. The van der Waals surface area contributed by atoms with Gasteiger partial charge in [0, 0.05) is 22.3 Å². The van der Waals surface area contributed by atoms with Gasteiger partial charge < -0.3 is 15.2 Å². The zero-order chi connectivity index (χ0) is 39.2. The summed E-state index contributed by atoms with van der Waals surface area (Å²) in [7, 11) is 0.